The maximum Gasteiger partial charge on any atom is 0.418 e. The van der Waals surface area contributed by atoms with Crippen LogP contribution in [0.4, 0.5) is 29.3 Å². The van der Waals surface area contributed by atoms with Crippen LogP contribution in [0, 0.1) is 0 Å². The number of hydrogen-bond donors (Lipinski definition) is 3. The third-order valence-electron chi connectivity index (χ3n) is 3.89. The molecule has 1 heterocycles. The minimum atomic E-state index is -4.44. The van der Waals surface area contributed by atoms with Gasteiger partial charge in [-0.1, -0.05) is 24.3 Å². The molecule has 0 spiro atoms. The molecule has 0 bridgehead atoms. The zero-order chi connectivity index (χ0) is 19.5. The number of nitrogens with two attached hydrogens (primary N) is 1. The van der Waals surface area contributed by atoms with Gasteiger partial charge >= 0.3 is 12.3 Å². The highest BCUT2D eigenvalue weighted by molar-refractivity contribution is 5.68. The van der Waals surface area contributed by atoms with E-state index >= 15 is 0 Å². The standard InChI is InChI=1S/C18H18F3N3O3/c19-18(20,21)14-3-1-2-4-15(14)24-13-7-5-12(6-8-13)9-23-16(25)27-17(22)10-26-11-17/h1-8,24H,9-11,22H2,(H,23,25). The first-order valence-corrected chi connectivity index (χ1v) is 8.11. The molecule has 2 aromatic rings. The monoisotopic (exact) mass is 381 g/mol. The van der Waals surface area contributed by atoms with Crippen molar-refractivity contribution in [2.45, 2.75) is 18.4 Å². The average Bonchev–Trinajstić information content (AvgIpc) is 2.59. The Morgan fingerprint density at radius 1 is 1.15 bits per heavy atom. The van der Waals surface area contributed by atoms with E-state index in [4.69, 9.17) is 15.2 Å². The van der Waals surface area contributed by atoms with Gasteiger partial charge in [0.15, 0.2) is 0 Å². The van der Waals surface area contributed by atoms with E-state index in [1.54, 1.807) is 24.3 Å². The number of carbonyl (C=O) groups excluding carboxylic acids is 1. The third-order valence-corrected chi connectivity index (χ3v) is 3.89. The third kappa shape index (κ3) is 4.89. The molecule has 0 atom stereocenters. The van der Waals surface area contributed by atoms with Crippen molar-refractivity contribution in [3.05, 3.63) is 59.7 Å². The predicted octanol–water partition coefficient (Wildman–Crippen LogP) is 3.36. The minimum Gasteiger partial charge on any atom is -0.423 e. The molecule has 9 heteroatoms. The molecule has 1 amide bonds. The van der Waals surface area contributed by atoms with Gasteiger partial charge in [0.2, 0.25) is 5.72 Å². The molecular formula is C18H18F3N3O3. The molecule has 1 saturated heterocycles. The number of benzene rings is 2. The van der Waals surface area contributed by atoms with Crippen LogP contribution < -0.4 is 16.4 Å². The van der Waals surface area contributed by atoms with Gasteiger partial charge in [0.05, 0.1) is 11.3 Å². The van der Waals surface area contributed by atoms with E-state index in [2.05, 4.69) is 10.6 Å². The van der Waals surface area contributed by atoms with Crippen LogP contribution >= 0.6 is 0 Å². The number of nitrogens with one attached hydrogen (secondary N) is 2. The van der Waals surface area contributed by atoms with E-state index in [0.29, 0.717) is 5.69 Å². The number of anilines is 2. The quantitative estimate of drug-likeness (QED) is 0.692. The van der Waals surface area contributed by atoms with Gasteiger partial charge in [-0.25, -0.2) is 4.79 Å². The van der Waals surface area contributed by atoms with Crippen molar-refractivity contribution in [2.75, 3.05) is 18.5 Å². The second-order valence-corrected chi connectivity index (χ2v) is 6.17. The molecule has 6 nitrogen and oxygen atoms in total. The average molecular weight is 381 g/mol. The molecule has 0 aromatic heterocycles. The molecule has 0 saturated carbocycles. The van der Waals surface area contributed by atoms with Crippen LogP contribution in [0.15, 0.2) is 48.5 Å². The molecule has 1 aliphatic heterocycles. The largest absolute Gasteiger partial charge is 0.423 e. The number of ether oxygens (including phenoxy) is 2. The van der Waals surface area contributed by atoms with Gasteiger partial charge in [0.1, 0.15) is 13.2 Å². The molecule has 1 fully saturated rings. The number of rotatable bonds is 5. The van der Waals surface area contributed by atoms with E-state index in [1.807, 2.05) is 0 Å². The van der Waals surface area contributed by atoms with Crippen LogP contribution in [-0.2, 0) is 22.2 Å². The second kappa shape index (κ2) is 7.45. The fraction of sp³-hybridized carbons (Fsp3) is 0.278. The summed E-state index contributed by atoms with van der Waals surface area (Å²) < 4.78 is 49.0. The van der Waals surface area contributed by atoms with Crippen molar-refractivity contribution in [1.82, 2.24) is 5.32 Å². The van der Waals surface area contributed by atoms with Gasteiger partial charge < -0.3 is 20.1 Å². The molecule has 3 rings (SSSR count). The summed E-state index contributed by atoms with van der Waals surface area (Å²) in [6.07, 6.45) is -5.11. The summed E-state index contributed by atoms with van der Waals surface area (Å²) in [6, 6.07) is 11.9. The maximum atomic E-state index is 13.0. The predicted molar refractivity (Wildman–Crippen MR) is 92.2 cm³/mol. The molecule has 4 N–H and O–H groups in total. The van der Waals surface area contributed by atoms with Crippen LogP contribution in [-0.4, -0.2) is 25.0 Å². The van der Waals surface area contributed by atoms with Gasteiger partial charge in [-0.3, -0.25) is 5.73 Å². The van der Waals surface area contributed by atoms with E-state index in [9.17, 15) is 18.0 Å². The lowest BCUT2D eigenvalue weighted by atomic mass is 10.1. The number of amides is 1. The lowest BCUT2D eigenvalue weighted by Gasteiger charge is -2.36. The van der Waals surface area contributed by atoms with E-state index in [1.165, 1.54) is 18.2 Å². The van der Waals surface area contributed by atoms with E-state index < -0.39 is 23.6 Å². The topological polar surface area (TPSA) is 85.6 Å². The maximum absolute atomic E-state index is 13.0. The van der Waals surface area contributed by atoms with Crippen molar-refractivity contribution >= 4 is 17.5 Å². The zero-order valence-corrected chi connectivity index (χ0v) is 14.2. The van der Waals surface area contributed by atoms with Gasteiger partial charge in [-0.2, -0.15) is 13.2 Å². The van der Waals surface area contributed by atoms with Crippen molar-refractivity contribution < 1.29 is 27.4 Å². The first-order valence-electron chi connectivity index (χ1n) is 8.11. The van der Waals surface area contributed by atoms with Crippen molar-refractivity contribution in [3.63, 3.8) is 0 Å². The highest BCUT2D eigenvalue weighted by atomic mass is 19.4. The Morgan fingerprint density at radius 3 is 2.41 bits per heavy atom. The van der Waals surface area contributed by atoms with Crippen LogP contribution in [0.25, 0.3) is 0 Å². The molecule has 0 radical (unpaired) electrons. The normalized spacial score (nSPS) is 15.6. The zero-order valence-electron chi connectivity index (χ0n) is 14.2. The number of halogens is 3. The fourth-order valence-electron chi connectivity index (χ4n) is 2.46. The highest BCUT2D eigenvalue weighted by Gasteiger charge is 2.38. The Hall–Kier alpha value is -2.78. The lowest BCUT2D eigenvalue weighted by Crippen LogP contribution is -2.61. The fourth-order valence-corrected chi connectivity index (χ4v) is 2.46. The Balaban J connectivity index is 1.57. The summed E-state index contributed by atoms with van der Waals surface area (Å²) in [5.41, 5.74) is 5.10. The number of hydrogen-bond acceptors (Lipinski definition) is 5. The van der Waals surface area contributed by atoms with Gasteiger partial charge in [0, 0.05) is 12.2 Å². The lowest BCUT2D eigenvalue weighted by molar-refractivity contribution is -0.174. The van der Waals surface area contributed by atoms with E-state index in [0.717, 1.165) is 11.6 Å². The Bertz CT molecular complexity index is 805. The molecule has 144 valence electrons. The summed E-state index contributed by atoms with van der Waals surface area (Å²) in [5, 5.41) is 5.31. The second-order valence-electron chi connectivity index (χ2n) is 6.17. The van der Waals surface area contributed by atoms with Crippen molar-refractivity contribution in [2.24, 2.45) is 5.73 Å². The van der Waals surface area contributed by atoms with Crippen LogP contribution in [0.3, 0.4) is 0 Å². The molecule has 0 aliphatic carbocycles. The SMILES string of the molecule is NC1(OC(=O)NCc2ccc(Nc3ccccc3C(F)(F)F)cc2)COC1. The van der Waals surface area contributed by atoms with Crippen LogP contribution in [0.2, 0.25) is 0 Å². The smallest absolute Gasteiger partial charge is 0.418 e. The Kier molecular flexibility index (Phi) is 5.24. The summed E-state index contributed by atoms with van der Waals surface area (Å²) in [7, 11) is 0. The Labute approximate surface area is 153 Å². The molecule has 27 heavy (non-hydrogen) atoms. The summed E-state index contributed by atoms with van der Waals surface area (Å²) in [5.74, 6) is 0. The van der Waals surface area contributed by atoms with Crippen molar-refractivity contribution in [3.8, 4) is 0 Å². The van der Waals surface area contributed by atoms with Crippen LogP contribution in [0.1, 0.15) is 11.1 Å². The number of alkyl carbamates (subject to hydrolysis) is 1. The Morgan fingerprint density at radius 2 is 1.81 bits per heavy atom. The molecule has 1 aliphatic rings. The molecule has 2 aromatic carbocycles. The summed E-state index contributed by atoms with van der Waals surface area (Å²) in [6.45, 7) is 0.496. The number of alkyl halides is 3. The van der Waals surface area contributed by atoms with Crippen molar-refractivity contribution in [1.29, 1.82) is 0 Å². The van der Waals surface area contributed by atoms with Gasteiger partial charge in [0.25, 0.3) is 0 Å². The van der Waals surface area contributed by atoms with Gasteiger partial charge in [-0.15, -0.1) is 0 Å². The summed E-state index contributed by atoms with van der Waals surface area (Å²) in [4.78, 5) is 11.7. The van der Waals surface area contributed by atoms with E-state index in [-0.39, 0.29) is 25.4 Å². The summed E-state index contributed by atoms with van der Waals surface area (Å²) >= 11 is 0. The first-order chi connectivity index (χ1) is 12.8. The highest BCUT2D eigenvalue weighted by Crippen LogP contribution is 2.35. The van der Waals surface area contributed by atoms with Crippen LogP contribution in [0.5, 0.6) is 0 Å². The molecular weight excluding hydrogens is 363 g/mol. The first kappa shape index (κ1) is 19.0. The number of para-hydroxylation sites is 1. The minimum absolute atomic E-state index is 0.0320. The number of carbonyl (C=O) groups is 1. The molecule has 0 unspecified atom stereocenters. The van der Waals surface area contributed by atoms with Gasteiger partial charge in [-0.05, 0) is 29.8 Å².